The number of methoxy groups -OCH3 is 1. The summed E-state index contributed by atoms with van der Waals surface area (Å²) >= 11 is 6.19. The van der Waals surface area contributed by atoms with Gasteiger partial charge in [0.15, 0.2) is 5.78 Å². The first-order valence-corrected chi connectivity index (χ1v) is 11.9. The average Bonchev–Trinajstić information content (AvgIpc) is 3.28. The molecule has 4 aromatic rings. The highest BCUT2D eigenvalue weighted by atomic mass is 35.5. The first-order chi connectivity index (χ1) is 17.2. The van der Waals surface area contributed by atoms with Gasteiger partial charge in [0.2, 0.25) is 0 Å². The SMILES string of the molecule is COc1cc(NC(C(=O)c2c[nH]c3cc(C)c(C)c(F)c23)c2ccc(Cl)cc2C)cc(OCCO)c1. The second-order valence-corrected chi connectivity index (χ2v) is 9.11. The number of aryl methyl sites for hydroxylation is 2. The van der Waals surface area contributed by atoms with Crippen LogP contribution >= 0.6 is 11.6 Å². The molecule has 0 amide bonds. The molecule has 8 heteroatoms. The van der Waals surface area contributed by atoms with Crippen molar-refractivity contribution < 1.29 is 23.8 Å². The minimum atomic E-state index is -0.861. The number of aliphatic hydroxyl groups is 1. The average molecular weight is 511 g/mol. The molecule has 36 heavy (non-hydrogen) atoms. The summed E-state index contributed by atoms with van der Waals surface area (Å²) in [6.07, 6.45) is 1.55. The highest BCUT2D eigenvalue weighted by Crippen LogP contribution is 2.35. The lowest BCUT2D eigenvalue weighted by molar-refractivity contribution is 0.0970. The number of rotatable bonds is 9. The van der Waals surface area contributed by atoms with Crippen LogP contribution in [0.2, 0.25) is 5.02 Å². The number of aromatic amines is 1. The molecular formula is C28H28ClFN2O4. The monoisotopic (exact) mass is 510 g/mol. The van der Waals surface area contributed by atoms with Gasteiger partial charge in [-0.1, -0.05) is 17.7 Å². The molecule has 0 radical (unpaired) electrons. The van der Waals surface area contributed by atoms with Crippen molar-refractivity contribution in [1.82, 2.24) is 4.98 Å². The van der Waals surface area contributed by atoms with Crippen LogP contribution in [0.4, 0.5) is 10.1 Å². The number of Topliss-reactive ketones (excluding diaryl/α,β-unsaturated/α-hetero) is 1. The number of hydrogen-bond donors (Lipinski definition) is 3. The molecule has 4 rings (SSSR count). The van der Waals surface area contributed by atoms with Gasteiger partial charge < -0.3 is 24.9 Å². The molecule has 1 aromatic heterocycles. The van der Waals surface area contributed by atoms with Crippen LogP contribution in [0, 0.1) is 26.6 Å². The topological polar surface area (TPSA) is 83.6 Å². The maximum absolute atomic E-state index is 15.3. The number of ketones is 1. The number of nitrogens with one attached hydrogen (secondary N) is 2. The highest BCUT2D eigenvalue weighted by Gasteiger charge is 2.28. The summed E-state index contributed by atoms with van der Waals surface area (Å²) in [5.41, 5.74) is 4.17. The van der Waals surface area contributed by atoms with E-state index in [9.17, 15) is 4.79 Å². The van der Waals surface area contributed by atoms with Crippen molar-refractivity contribution in [2.75, 3.05) is 25.6 Å². The number of carbonyl (C=O) groups excluding carboxylic acids is 1. The molecule has 6 nitrogen and oxygen atoms in total. The van der Waals surface area contributed by atoms with Crippen LogP contribution in [-0.2, 0) is 0 Å². The van der Waals surface area contributed by atoms with Crippen molar-refractivity contribution in [2.45, 2.75) is 26.8 Å². The minimum Gasteiger partial charge on any atom is -0.497 e. The molecule has 3 N–H and O–H groups in total. The Hall–Kier alpha value is -3.55. The molecule has 3 aromatic carbocycles. The summed E-state index contributed by atoms with van der Waals surface area (Å²) in [6, 6.07) is 11.4. The lowest BCUT2D eigenvalue weighted by atomic mass is 9.92. The van der Waals surface area contributed by atoms with Crippen LogP contribution in [0.15, 0.2) is 48.7 Å². The predicted octanol–water partition coefficient (Wildman–Crippen LogP) is 6.30. The quantitative estimate of drug-likeness (QED) is 0.230. The van der Waals surface area contributed by atoms with Gasteiger partial charge in [-0.25, -0.2) is 4.39 Å². The molecule has 0 saturated carbocycles. The lowest BCUT2D eigenvalue weighted by Gasteiger charge is -2.22. The van der Waals surface area contributed by atoms with E-state index in [-0.39, 0.29) is 29.9 Å². The van der Waals surface area contributed by atoms with Gasteiger partial charge in [-0.2, -0.15) is 0 Å². The van der Waals surface area contributed by atoms with Crippen molar-refractivity contribution in [3.8, 4) is 11.5 Å². The number of aromatic nitrogens is 1. The Morgan fingerprint density at radius 2 is 1.86 bits per heavy atom. The molecule has 0 aliphatic carbocycles. The first-order valence-electron chi connectivity index (χ1n) is 11.5. The molecule has 188 valence electrons. The largest absolute Gasteiger partial charge is 0.497 e. The van der Waals surface area contributed by atoms with E-state index < -0.39 is 11.9 Å². The third-order valence-electron chi connectivity index (χ3n) is 6.27. The normalized spacial score (nSPS) is 12.0. The number of aliphatic hydroxyl groups excluding tert-OH is 1. The summed E-state index contributed by atoms with van der Waals surface area (Å²) in [4.78, 5) is 17.1. The van der Waals surface area contributed by atoms with Crippen LogP contribution in [0.3, 0.4) is 0 Å². The molecule has 1 heterocycles. The predicted molar refractivity (Wildman–Crippen MR) is 140 cm³/mol. The Morgan fingerprint density at radius 1 is 1.11 bits per heavy atom. The number of anilines is 1. The molecule has 0 aliphatic heterocycles. The van der Waals surface area contributed by atoms with Crippen molar-refractivity contribution in [3.63, 3.8) is 0 Å². The van der Waals surface area contributed by atoms with E-state index in [1.165, 1.54) is 7.11 Å². The maximum atomic E-state index is 15.3. The lowest BCUT2D eigenvalue weighted by Crippen LogP contribution is -2.22. The van der Waals surface area contributed by atoms with Crippen LogP contribution in [-0.4, -0.2) is 36.2 Å². The van der Waals surface area contributed by atoms with E-state index in [1.54, 1.807) is 49.5 Å². The number of benzene rings is 3. The standard InChI is InChI=1S/C28H28ClFN2O4/c1-15-10-24-25(26(30)17(15)3)23(14-31-24)28(34)27(22-6-5-18(29)9-16(22)2)32-19-11-20(35-4)13-21(12-19)36-8-7-33/h5-6,9-14,27,31-33H,7-8H2,1-4H3. The number of hydrogen-bond acceptors (Lipinski definition) is 5. The fourth-order valence-electron chi connectivity index (χ4n) is 4.26. The second kappa shape index (κ2) is 10.6. The molecule has 1 unspecified atom stereocenters. The summed E-state index contributed by atoms with van der Waals surface area (Å²) in [5.74, 6) is 0.252. The first kappa shape index (κ1) is 25.5. The van der Waals surface area contributed by atoms with E-state index in [0.717, 1.165) is 11.1 Å². The van der Waals surface area contributed by atoms with Crippen LogP contribution in [0.5, 0.6) is 11.5 Å². The third-order valence-corrected chi connectivity index (χ3v) is 6.50. The zero-order valence-corrected chi connectivity index (χ0v) is 21.3. The summed E-state index contributed by atoms with van der Waals surface area (Å²) in [6.45, 7) is 5.37. The van der Waals surface area contributed by atoms with Gasteiger partial charge in [0.05, 0.1) is 13.7 Å². The molecule has 0 bridgehead atoms. The Balaban J connectivity index is 1.83. The highest BCUT2D eigenvalue weighted by molar-refractivity contribution is 6.30. The number of H-pyrrole nitrogens is 1. The molecule has 0 saturated heterocycles. The number of ether oxygens (including phenoxy) is 2. The van der Waals surface area contributed by atoms with E-state index in [4.69, 9.17) is 26.2 Å². The van der Waals surface area contributed by atoms with Crippen LogP contribution in [0.25, 0.3) is 10.9 Å². The summed E-state index contributed by atoms with van der Waals surface area (Å²) in [7, 11) is 1.53. The minimum absolute atomic E-state index is 0.110. The Morgan fingerprint density at radius 3 is 2.56 bits per heavy atom. The van der Waals surface area contributed by atoms with Crippen molar-refractivity contribution in [3.05, 3.63) is 87.3 Å². The fourth-order valence-corrected chi connectivity index (χ4v) is 4.49. The van der Waals surface area contributed by atoms with Gasteiger partial charge in [-0.3, -0.25) is 4.79 Å². The molecule has 0 fully saturated rings. The maximum Gasteiger partial charge on any atom is 0.191 e. The zero-order valence-electron chi connectivity index (χ0n) is 20.5. The van der Waals surface area contributed by atoms with Crippen molar-refractivity contribution in [1.29, 1.82) is 0 Å². The van der Waals surface area contributed by atoms with Gasteiger partial charge in [0, 0.05) is 51.6 Å². The van der Waals surface area contributed by atoms with Crippen molar-refractivity contribution in [2.24, 2.45) is 0 Å². The molecule has 0 aliphatic rings. The molecule has 1 atom stereocenters. The van der Waals surface area contributed by atoms with Crippen molar-refractivity contribution >= 4 is 34.0 Å². The van der Waals surface area contributed by atoms with E-state index >= 15 is 4.39 Å². The number of fused-ring (bicyclic) bond motifs is 1. The number of halogens is 2. The zero-order chi connectivity index (χ0) is 26.0. The van der Waals surface area contributed by atoms with Gasteiger partial charge in [0.25, 0.3) is 0 Å². The fraction of sp³-hybridized carbons (Fsp3) is 0.250. The number of carbonyl (C=O) groups is 1. The van der Waals surface area contributed by atoms with Gasteiger partial charge >= 0.3 is 0 Å². The second-order valence-electron chi connectivity index (χ2n) is 8.67. The van der Waals surface area contributed by atoms with E-state index in [1.807, 2.05) is 19.9 Å². The van der Waals surface area contributed by atoms with Gasteiger partial charge in [0.1, 0.15) is 30.0 Å². The van der Waals surface area contributed by atoms with Gasteiger partial charge in [-0.15, -0.1) is 0 Å². The summed E-state index contributed by atoms with van der Waals surface area (Å²) in [5, 5.41) is 13.2. The Bertz CT molecular complexity index is 1430. The summed E-state index contributed by atoms with van der Waals surface area (Å²) < 4.78 is 26.3. The Labute approximate surface area is 214 Å². The molecule has 0 spiro atoms. The van der Waals surface area contributed by atoms with E-state index in [2.05, 4.69) is 10.3 Å². The van der Waals surface area contributed by atoms with Crippen LogP contribution < -0.4 is 14.8 Å². The third kappa shape index (κ3) is 5.03. The smallest absolute Gasteiger partial charge is 0.191 e. The van der Waals surface area contributed by atoms with Gasteiger partial charge in [-0.05, 0) is 61.2 Å². The molecular weight excluding hydrogens is 483 g/mol. The van der Waals surface area contributed by atoms with Crippen LogP contribution in [0.1, 0.15) is 38.7 Å². The Kier molecular flexibility index (Phi) is 7.52. The van der Waals surface area contributed by atoms with E-state index in [0.29, 0.717) is 38.9 Å².